The van der Waals surface area contributed by atoms with Crippen molar-refractivity contribution in [3.8, 4) is 0 Å². The number of hydrogen-bond donors (Lipinski definition) is 3. The van der Waals surface area contributed by atoms with E-state index in [0.717, 1.165) is 51.4 Å². The summed E-state index contributed by atoms with van der Waals surface area (Å²) in [6, 6.07) is -0.870. The predicted octanol–water partition coefficient (Wildman–Crippen LogP) is 18.1. The Kier molecular flexibility index (Phi) is 50.7. The van der Waals surface area contributed by atoms with Crippen LogP contribution in [-0.4, -0.2) is 73.4 Å². The summed E-state index contributed by atoms with van der Waals surface area (Å²) in [6.45, 7) is 4.78. The van der Waals surface area contributed by atoms with Crippen molar-refractivity contribution in [2.45, 2.75) is 283 Å². The van der Waals surface area contributed by atoms with E-state index in [1.807, 2.05) is 27.2 Å². The molecular weight excluding hydrogens is 888 g/mol. The van der Waals surface area contributed by atoms with Gasteiger partial charge in [-0.05, 0) is 77.0 Å². The van der Waals surface area contributed by atoms with Crippen molar-refractivity contribution in [1.82, 2.24) is 5.32 Å². The van der Waals surface area contributed by atoms with Crippen molar-refractivity contribution in [2.24, 2.45) is 0 Å². The van der Waals surface area contributed by atoms with Crippen LogP contribution in [0.5, 0.6) is 0 Å². The molecule has 0 radical (unpaired) electrons. The van der Waals surface area contributed by atoms with Gasteiger partial charge >= 0.3 is 7.82 Å². The van der Waals surface area contributed by atoms with E-state index in [4.69, 9.17) is 9.05 Å². The number of phosphoric ester groups is 1. The number of rotatable bonds is 54. The number of amides is 1. The van der Waals surface area contributed by atoms with Crippen molar-refractivity contribution in [3.05, 3.63) is 60.8 Å². The molecule has 9 heteroatoms. The third-order valence-electron chi connectivity index (χ3n) is 13.2. The fraction of sp³-hybridized carbons (Fsp3) is 0.820. The van der Waals surface area contributed by atoms with Crippen LogP contribution in [0.4, 0.5) is 0 Å². The molecular formula is C61H116N2O6P+. The molecule has 0 aliphatic heterocycles. The van der Waals surface area contributed by atoms with Gasteiger partial charge in [0.2, 0.25) is 5.91 Å². The Bertz CT molecular complexity index is 1320. The molecule has 410 valence electrons. The summed E-state index contributed by atoms with van der Waals surface area (Å²) in [5.74, 6) is -0.190. The summed E-state index contributed by atoms with van der Waals surface area (Å²) < 4.78 is 23.7. The van der Waals surface area contributed by atoms with E-state index in [1.165, 1.54) is 199 Å². The van der Waals surface area contributed by atoms with Crippen molar-refractivity contribution < 1.29 is 32.9 Å². The Morgan fingerprint density at radius 3 is 1.23 bits per heavy atom. The molecule has 0 bridgehead atoms. The minimum atomic E-state index is -4.36. The zero-order valence-electron chi connectivity index (χ0n) is 46.8. The highest BCUT2D eigenvalue weighted by Crippen LogP contribution is 2.43. The first-order valence-electron chi connectivity index (χ1n) is 29.7. The molecule has 0 aliphatic rings. The van der Waals surface area contributed by atoms with Gasteiger partial charge in [-0.15, -0.1) is 0 Å². The Balaban J connectivity index is 4.08. The van der Waals surface area contributed by atoms with E-state index in [2.05, 4.69) is 67.8 Å². The van der Waals surface area contributed by atoms with Crippen LogP contribution in [-0.2, 0) is 18.4 Å². The standard InChI is InChI=1S/C61H115N2O6P/c1-6-8-10-12-14-16-18-20-22-23-24-25-26-27-28-29-30-31-32-33-34-35-36-37-38-39-41-43-45-47-49-51-53-55-61(65)62-59(58-69-70(66,67)68-57-56-63(3,4)5)60(64)54-52-50-48-46-44-42-40-21-19-17-15-13-11-9-7-2/h19,21,24-25,27-28,44,46,52,54,59-60,64H,6-18,20,22-23,26,29-43,45,47-51,53,55-58H2,1-5H3,(H-,62,65,66,67)/p+1/b21-19+,25-24-,28-27-,46-44+,54-52+. The normalized spacial score (nSPS) is 14.3. The SMILES string of the molecule is CCCCCCC/C=C/CC/C=C/CC/C=C/C(O)C(COP(=O)(O)OCC[N+](C)(C)C)NC(=O)CCCCCCCCCCCCCCCCCCC/C=C\C/C=C\CCCCCCCCCCC. The average Bonchev–Trinajstić information content (AvgIpc) is 3.32. The van der Waals surface area contributed by atoms with E-state index in [0.29, 0.717) is 17.4 Å². The number of unbranched alkanes of at least 4 members (excludes halogenated alkanes) is 33. The quantitative estimate of drug-likeness (QED) is 0.0243. The summed E-state index contributed by atoms with van der Waals surface area (Å²) in [5, 5.41) is 13.9. The van der Waals surface area contributed by atoms with Gasteiger partial charge < -0.3 is 19.8 Å². The lowest BCUT2D eigenvalue weighted by Crippen LogP contribution is -2.45. The number of likely N-dealkylation sites (N-methyl/N-ethyl adjacent to an activating group) is 1. The first-order chi connectivity index (χ1) is 34.0. The number of aliphatic hydroxyl groups excluding tert-OH is 1. The molecule has 0 aromatic heterocycles. The molecule has 3 N–H and O–H groups in total. The van der Waals surface area contributed by atoms with Gasteiger partial charge in [0.05, 0.1) is 39.9 Å². The fourth-order valence-corrected chi connectivity index (χ4v) is 9.25. The number of quaternary nitrogens is 1. The average molecular weight is 1000 g/mol. The summed E-state index contributed by atoms with van der Waals surface area (Å²) in [7, 11) is 1.55. The van der Waals surface area contributed by atoms with Gasteiger partial charge in [0.1, 0.15) is 13.2 Å². The van der Waals surface area contributed by atoms with Gasteiger partial charge in [0, 0.05) is 6.42 Å². The van der Waals surface area contributed by atoms with Gasteiger partial charge in [0.25, 0.3) is 0 Å². The molecule has 0 heterocycles. The molecule has 0 fully saturated rings. The molecule has 0 spiro atoms. The number of hydrogen-bond acceptors (Lipinski definition) is 5. The van der Waals surface area contributed by atoms with Gasteiger partial charge in [-0.2, -0.15) is 0 Å². The molecule has 8 nitrogen and oxygen atoms in total. The van der Waals surface area contributed by atoms with E-state index in [9.17, 15) is 19.4 Å². The lowest BCUT2D eigenvalue weighted by molar-refractivity contribution is -0.870. The third-order valence-corrected chi connectivity index (χ3v) is 14.2. The maximum atomic E-state index is 13.0. The third kappa shape index (κ3) is 54.0. The molecule has 0 aliphatic carbocycles. The molecule has 70 heavy (non-hydrogen) atoms. The number of phosphoric acid groups is 1. The first-order valence-corrected chi connectivity index (χ1v) is 31.2. The van der Waals surface area contributed by atoms with E-state index < -0.39 is 20.0 Å². The number of carbonyl (C=O) groups is 1. The second-order valence-corrected chi connectivity index (χ2v) is 22.8. The molecule has 0 rings (SSSR count). The number of aliphatic hydroxyl groups is 1. The molecule has 1 amide bonds. The highest BCUT2D eigenvalue weighted by Gasteiger charge is 2.27. The first kappa shape index (κ1) is 68.2. The topological polar surface area (TPSA) is 105 Å². The van der Waals surface area contributed by atoms with Gasteiger partial charge in [0.15, 0.2) is 0 Å². The second-order valence-electron chi connectivity index (χ2n) is 21.3. The molecule has 3 unspecified atom stereocenters. The van der Waals surface area contributed by atoms with Crippen LogP contribution < -0.4 is 5.32 Å². The molecule has 0 saturated carbocycles. The van der Waals surface area contributed by atoms with Crippen LogP contribution >= 0.6 is 7.82 Å². The molecule has 0 aromatic carbocycles. The Morgan fingerprint density at radius 2 is 0.829 bits per heavy atom. The maximum absolute atomic E-state index is 13.0. The zero-order valence-corrected chi connectivity index (χ0v) is 47.7. The largest absolute Gasteiger partial charge is 0.472 e. The monoisotopic (exact) mass is 1000 g/mol. The fourth-order valence-electron chi connectivity index (χ4n) is 8.52. The maximum Gasteiger partial charge on any atom is 0.472 e. The Morgan fingerprint density at radius 1 is 0.486 bits per heavy atom. The lowest BCUT2D eigenvalue weighted by atomic mass is 10.0. The summed E-state index contributed by atoms with van der Waals surface area (Å²) >= 11 is 0. The highest BCUT2D eigenvalue weighted by molar-refractivity contribution is 7.47. The van der Waals surface area contributed by atoms with Gasteiger partial charge in [-0.25, -0.2) is 4.57 Å². The minimum absolute atomic E-state index is 0.0527. The predicted molar refractivity (Wildman–Crippen MR) is 304 cm³/mol. The van der Waals surface area contributed by atoms with Crippen molar-refractivity contribution in [1.29, 1.82) is 0 Å². The molecule has 3 atom stereocenters. The summed E-state index contributed by atoms with van der Waals surface area (Å²) in [6.07, 6.45) is 70.6. The van der Waals surface area contributed by atoms with Crippen LogP contribution in [0.15, 0.2) is 60.8 Å². The second kappa shape index (κ2) is 52.1. The van der Waals surface area contributed by atoms with Crippen molar-refractivity contribution >= 4 is 13.7 Å². The van der Waals surface area contributed by atoms with Crippen LogP contribution in [0.25, 0.3) is 0 Å². The summed E-state index contributed by atoms with van der Waals surface area (Å²) in [4.78, 5) is 23.3. The van der Waals surface area contributed by atoms with Crippen LogP contribution in [0.2, 0.25) is 0 Å². The highest BCUT2D eigenvalue weighted by atomic mass is 31.2. The minimum Gasteiger partial charge on any atom is -0.387 e. The van der Waals surface area contributed by atoms with E-state index in [1.54, 1.807) is 6.08 Å². The number of carbonyl (C=O) groups excluding carboxylic acids is 1. The number of allylic oxidation sites excluding steroid dienone is 9. The van der Waals surface area contributed by atoms with Crippen molar-refractivity contribution in [2.75, 3.05) is 40.9 Å². The van der Waals surface area contributed by atoms with E-state index >= 15 is 0 Å². The summed E-state index contributed by atoms with van der Waals surface area (Å²) in [5.41, 5.74) is 0. The smallest absolute Gasteiger partial charge is 0.387 e. The van der Waals surface area contributed by atoms with Gasteiger partial charge in [-0.1, -0.05) is 248 Å². The molecule has 0 aromatic rings. The number of nitrogens with one attached hydrogen (secondary N) is 1. The Hall–Kier alpha value is -1.80. The van der Waals surface area contributed by atoms with Gasteiger partial charge in [-0.3, -0.25) is 13.8 Å². The van der Waals surface area contributed by atoms with Crippen LogP contribution in [0, 0.1) is 0 Å². The van der Waals surface area contributed by atoms with E-state index in [-0.39, 0.29) is 19.1 Å². The Labute approximate surface area is 434 Å². The van der Waals surface area contributed by atoms with Crippen molar-refractivity contribution in [3.63, 3.8) is 0 Å². The van der Waals surface area contributed by atoms with Crippen LogP contribution in [0.1, 0.15) is 271 Å². The zero-order chi connectivity index (χ0) is 51.3. The van der Waals surface area contributed by atoms with Crippen LogP contribution in [0.3, 0.4) is 0 Å². The molecule has 0 saturated heterocycles. The lowest BCUT2D eigenvalue weighted by Gasteiger charge is -2.25. The number of nitrogens with zero attached hydrogens (tertiary/aromatic N) is 1.